The van der Waals surface area contributed by atoms with Crippen molar-refractivity contribution in [3.05, 3.63) is 59.9 Å². The van der Waals surface area contributed by atoms with Crippen LogP contribution in [-0.4, -0.2) is 31.9 Å². The second-order valence-corrected chi connectivity index (χ2v) is 6.18. The predicted molar refractivity (Wildman–Crippen MR) is 90.1 cm³/mol. The monoisotopic (exact) mass is 361 g/mol. The molecule has 1 N–H and O–H groups in total. The molecule has 0 atom stereocenters. The molecule has 0 aliphatic heterocycles. The first-order valence-corrected chi connectivity index (χ1v) is 8.11. The van der Waals surface area contributed by atoms with Crippen LogP contribution in [0.2, 0.25) is 0 Å². The fourth-order valence-electron chi connectivity index (χ4n) is 2.20. The van der Waals surface area contributed by atoms with Crippen molar-refractivity contribution in [1.29, 1.82) is 0 Å². The Morgan fingerprint density at radius 1 is 1.20 bits per heavy atom. The van der Waals surface area contributed by atoms with Gasteiger partial charge in [0.1, 0.15) is 6.33 Å². The number of carbonyl (C=O) groups excluding carboxylic acids is 1. The highest BCUT2D eigenvalue weighted by Gasteiger charge is 2.10. The average molecular weight is 361 g/mol. The number of tetrazole rings is 1. The number of anilines is 1. The molecule has 3 aromatic rings. The summed E-state index contributed by atoms with van der Waals surface area (Å²) in [5.41, 5.74) is 2.64. The molecule has 0 fully saturated rings. The lowest BCUT2D eigenvalue weighted by molar-refractivity contribution is 0.102. The summed E-state index contributed by atoms with van der Waals surface area (Å²) in [7, 11) is 0. The lowest BCUT2D eigenvalue weighted by Gasteiger charge is -2.10. The zero-order chi connectivity index (χ0) is 17.8. The van der Waals surface area contributed by atoms with Crippen molar-refractivity contribution in [3.8, 4) is 5.69 Å². The summed E-state index contributed by atoms with van der Waals surface area (Å²) < 4.78 is 26.1. The number of benzene rings is 2. The molecule has 0 unspecified atom stereocenters. The minimum absolute atomic E-state index is 0.333. The Hall–Kier alpha value is -2.81. The maximum atomic E-state index is 12.3. The van der Waals surface area contributed by atoms with Gasteiger partial charge in [-0.1, -0.05) is 17.8 Å². The van der Waals surface area contributed by atoms with Crippen molar-refractivity contribution in [3.63, 3.8) is 0 Å². The Balaban J connectivity index is 1.76. The minimum Gasteiger partial charge on any atom is -0.322 e. The molecule has 1 amide bonds. The fraction of sp³-hybridized carbons (Fsp3) is 0.125. The first kappa shape index (κ1) is 17.0. The van der Waals surface area contributed by atoms with Crippen LogP contribution in [0.1, 0.15) is 15.9 Å². The Kier molecular flexibility index (Phi) is 5.03. The first-order valence-electron chi connectivity index (χ1n) is 7.23. The summed E-state index contributed by atoms with van der Waals surface area (Å²) in [5, 5.41) is 13.8. The van der Waals surface area contributed by atoms with Gasteiger partial charge in [-0.05, 0) is 59.3 Å². The van der Waals surface area contributed by atoms with E-state index in [9.17, 15) is 13.6 Å². The van der Waals surface area contributed by atoms with E-state index in [1.165, 1.54) is 35.3 Å². The van der Waals surface area contributed by atoms with Gasteiger partial charge in [0.05, 0.1) is 5.69 Å². The number of aryl methyl sites for hydroxylation is 1. The molecule has 6 nitrogen and oxygen atoms in total. The van der Waals surface area contributed by atoms with E-state index < -0.39 is 5.76 Å². The number of amides is 1. The van der Waals surface area contributed by atoms with E-state index in [-0.39, 0.29) is 5.91 Å². The van der Waals surface area contributed by atoms with Crippen molar-refractivity contribution in [2.45, 2.75) is 17.6 Å². The Morgan fingerprint density at radius 3 is 2.60 bits per heavy atom. The van der Waals surface area contributed by atoms with Gasteiger partial charge in [0.2, 0.25) is 0 Å². The van der Waals surface area contributed by atoms with Crippen molar-refractivity contribution in [1.82, 2.24) is 20.2 Å². The number of rotatable bonds is 5. The van der Waals surface area contributed by atoms with E-state index in [2.05, 4.69) is 20.8 Å². The van der Waals surface area contributed by atoms with Crippen LogP contribution < -0.4 is 5.32 Å². The van der Waals surface area contributed by atoms with Gasteiger partial charge in [0.15, 0.2) is 0 Å². The normalized spacial score (nSPS) is 10.9. The van der Waals surface area contributed by atoms with Crippen LogP contribution in [0, 0.1) is 6.92 Å². The number of thioether (sulfide) groups is 1. The summed E-state index contributed by atoms with van der Waals surface area (Å²) in [4.78, 5) is 12.7. The molecule has 2 aromatic carbocycles. The van der Waals surface area contributed by atoms with Gasteiger partial charge in [-0.2, -0.15) is 8.78 Å². The molecule has 0 spiro atoms. The maximum Gasteiger partial charge on any atom is 0.288 e. The van der Waals surface area contributed by atoms with Crippen LogP contribution in [0.25, 0.3) is 5.69 Å². The van der Waals surface area contributed by atoms with Crippen LogP contribution in [0.15, 0.2) is 53.7 Å². The lowest BCUT2D eigenvalue weighted by Crippen LogP contribution is -2.12. The van der Waals surface area contributed by atoms with Gasteiger partial charge in [0, 0.05) is 16.1 Å². The average Bonchev–Trinajstić information content (AvgIpc) is 3.11. The first-order chi connectivity index (χ1) is 12.0. The van der Waals surface area contributed by atoms with Crippen molar-refractivity contribution >= 4 is 23.4 Å². The number of hydrogen-bond donors (Lipinski definition) is 1. The molecule has 0 aliphatic rings. The molecule has 3 rings (SSSR count). The van der Waals surface area contributed by atoms with E-state index in [4.69, 9.17) is 0 Å². The second-order valence-electron chi connectivity index (χ2n) is 5.11. The van der Waals surface area contributed by atoms with Gasteiger partial charge in [-0.15, -0.1) is 5.10 Å². The molecule has 0 radical (unpaired) electrons. The molecule has 1 aromatic heterocycles. The molecule has 0 bridgehead atoms. The third kappa shape index (κ3) is 4.18. The SMILES string of the molecule is Cc1ccc(NC(=O)c2ccc(SC(F)F)cc2)cc1-n1cnnn1. The fourth-order valence-corrected chi connectivity index (χ4v) is 2.70. The molecular weight excluding hydrogens is 348 g/mol. The van der Waals surface area contributed by atoms with Crippen LogP contribution in [0.3, 0.4) is 0 Å². The zero-order valence-corrected chi connectivity index (χ0v) is 13.9. The maximum absolute atomic E-state index is 12.3. The zero-order valence-electron chi connectivity index (χ0n) is 13.1. The molecular formula is C16H13F2N5OS. The van der Waals surface area contributed by atoms with Crippen LogP contribution >= 0.6 is 11.8 Å². The second kappa shape index (κ2) is 7.39. The smallest absolute Gasteiger partial charge is 0.288 e. The number of alkyl halides is 2. The van der Waals surface area contributed by atoms with Gasteiger partial charge in [-0.25, -0.2) is 4.68 Å². The summed E-state index contributed by atoms with van der Waals surface area (Å²) in [5.74, 6) is -2.82. The quantitative estimate of drug-likeness (QED) is 0.704. The van der Waals surface area contributed by atoms with Gasteiger partial charge in [-0.3, -0.25) is 4.79 Å². The Bertz CT molecular complexity index is 869. The highest BCUT2D eigenvalue weighted by atomic mass is 32.2. The topological polar surface area (TPSA) is 72.7 Å². The molecule has 9 heteroatoms. The number of nitrogens with zero attached hydrogens (tertiary/aromatic N) is 4. The third-order valence-corrected chi connectivity index (χ3v) is 4.13. The van der Waals surface area contributed by atoms with Gasteiger partial charge in [0.25, 0.3) is 11.7 Å². The van der Waals surface area contributed by atoms with E-state index >= 15 is 0 Å². The summed E-state index contributed by atoms with van der Waals surface area (Å²) >= 11 is 0.438. The van der Waals surface area contributed by atoms with Crippen LogP contribution in [0.4, 0.5) is 14.5 Å². The number of aromatic nitrogens is 4. The number of nitrogens with one attached hydrogen (secondary N) is 1. The standard InChI is InChI=1S/C16H13F2N5OS/c1-10-2-5-12(8-14(10)23-9-19-21-22-23)20-15(24)11-3-6-13(7-4-11)25-16(17)18/h2-9,16H,1H3,(H,20,24). The summed E-state index contributed by atoms with van der Waals surface area (Å²) in [6, 6.07) is 11.4. The Morgan fingerprint density at radius 2 is 1.96 bits per heavy atom. The molecule has 0 aliphatic carbocycles. The van der Waals surface area contributed by atoms with Crippen LogP contribution in [-0.2, 0) is 0 Å². The van der Waals surface area contributed by atoms with E-state index in [1.807, 2.05) is 13.0 Å². The number of carbonyl (C=O) groups is 1. The van der Waals surface area contributed by atoms with E-state index in [0.717, 1.165) is 11.3 Å². The Labute approximate surface area is 146 Å². The predicted octanol–water partition coefficient (Wildman–Crippen LogP) is 3.54. The van der Waals surface area contributed by atoms with Crippen molar-refractivity contribution in [2.24, 2.45) is 0 Å². The van der Waals surface area contributed by atoms with Gasteiger partial charge < -0.3 is 5.32 Å². The molecule has 0 saturated carbocycles. The molecule has 0 saturated heterocycles. The van der Waals surface area contributed by atoms with Crippen molar-refractivity contribution < 1.29 is 13.6 Å². The lowest BCUT2D eigenvalue weighted by atomic mass is 10.1. The van der Waals surface area contributed by atoms with E-state index in [1.54, 1.807) is 12.1 Å². The largest absolute Gasteiger partial charge is 0.322 e. The molecule has 25 heavy (non-hydrogen) atoms. The summed E-state index contributed by atoms with van der Waals surface area (Å²) in [6.07, 6.45) is 1.47. The van der Waals surface area contributed by atoms with Crippen molar-refractivity contribution in [2.75, 3.05) is 5.32 Å². The number of hydrogen-bond acceptors (Lipinski definition) is 5. The van der Waals surface area contributed by atoms with Crippen LogP contribution in [0.5, 0.6) is 0 Å². The minimum atomic E-state index is -2.49. The summed E-state index contributed by atoms with van der Waals surface area (Å²) in [6.45, 7) is 1.90. The highest BCUT2D eigenvalue weighted by Crippen LogP contribution is 2.25. The third-order valence-electron chi connectivity index (χ3n) is 3.40. The van der Waals surface area contributed by atoms with E-state index in [0.29, 0.717) is 27.9 Å². The molecule has 128 valence electrons. The molecule has 1 heterocycles. The highest BCUT2D eigenvalue weighted by molar-refractivity contribution is 7.99. The number of halogens is 2. The van der Waals surface area contributed by atoms with Gasteiger partial charge >= 0.3 is 0 Å².